The summed E-state index contributed by atoms with van der Waals surface area (Å²) in [5.74, 6) is -0.988. The smallest absolute Gasteiger partial charge is 0.372 e. The van der Waals surface area contributed by atoms with Crippen LogP contribution in [0.4, 0.5) is 0 Å². The number of aromatic carboxylic acids is 1. The van der Waals surface area contributed by atoms with Crippen LogP contribution < -0.4 is 5.32 Å². The highest BCUT2D eigenvalue weighted by Gasteiger charge is 2.19. The average molecular weight is 290 g/mol. The van der Waals surface area contributed by atoms with Gasteiger partial charge < -0.3 is 19.7 Å². The molecule has 0 saturated heterocycles. The molecule has 1 aromatic heterocycles. The molecule has 0 radical (unpaired) electrons. The summed E-state index contributed by atoms with van der Waals surface area (Å²) in [4.78, 5) is 13.6. The summed E-state index contributed by atoms with van der Waals surface area (Å²) in [5, 5.41) is 13.4. The van der Waals surface area contributed by atoms with Gasteiger partial charge in [0.2, 0.25) is 5.76 Å². The Morgan fingerprint density at radius 2 is 2.00 bits per heavy atom. The Morgan fingerprint density at radius 1 is 1.29 bits per heavy atom. The van der Waals surface area contributed by atoms with Crippen molar-refractivity contribution in [2.24, 2.45) is 0 Å². The summed E-state index contributed by atoms with van der Waals surface area (Å²) >= 11 is 0. The lowest BCUT2D eigenvalue weighted by atomic mass is 10.1. The maximum Gasteiger partial charge on any atom is 0.372 e. The van der Waals surface area contributed by atoms with Crippen molar-refractivity contribution in [3.63, 3.8) is 0 Å². The van der Waals surface area contributed by atoms with E-state index in [1.165, 1.54) is 0 Å². The van der Waals surface area contributed by atoms with Crippen LogP contribution in [0.15, 0.2) is 28.7 Å². The third-order valence-corrected chi connectivity index (χ3v) is 3.69. The molecule has 0 bridgehead atoms. The number of benzene rings is 1. The van der Waals surface area contributed by atoms with Gasteiger partial charge in [0.05, 0.1) is 0 Å². The van der Waals surface area contributed by atoms with Crippen molar-refractivity contribution >= 4 is 16.9 Å². The molecule has 0 spiro atoms. The highest BCUT2D eigenvalue weighted by atomic mass is 16.4. The first-order valence-electron chi connectivity index (χ1n) is 7.34. The van der Waals surface area contributed by atoms with E-state index in [0.29, 0.717) is 12.1 Å². The van der Waals surface area contributed by atoms with Gasteiger partial charge in [-0.3, -0.25) is 0 Å². The molecule has 0 aliphatic carbocycles. The van der Waals surface area contributed by atoms with Crippen LogP contribution in [-0.4, -0.2) is 42.2 Å². The first-order valence-corrected chi connectivity index (χ1v) is 7.34. The fourth-order valence-electron chi connectivity index (χ4n) is 2.44. The lowest BCUT2D eigenvalue weighted by Gasteiger charge is -2.17. The predicted octanol–water partition coefficient (Wildman–Crippen LogP) is 2.56. The van der Waals surface area contributed by atoms with E-state index in [2.05, 4.69) is 24.1 Å². The monoisotopic (exact) mass is 290 g/mol. The van der Waals surface area contributed by atoms with E-state index in [9.17, 15) is 9.90 Å². The summed E-state index contributed by atoms with van der Waals surface area (Å²) in [6, 6.07) is 7.42. The number of nitrogens with zero attached hydrogens (tertiary/aromatic N) is 1. The Hall–Kier alpha value is -1.85. The van der Waals surface area contributed by atoms with Crippen LogP contribution in [0.2, 0.25) is 0 Å². The van der Waals surface area contributed by atoms with Gasteiger partial charge in [0.1, 0.15) is 5.58 Å². The second-order valence-corrected chi connectivity index (χ2v) is 4.91. The van der Waals surface area contributed by atoms with Gasteiger partial charge in [-0.15, -0.1) is 0 Å². The molecule has 0 amide bonds. The number of furan rings is 1. The summed E-state index contributed by atoms with van der Waals surface area (Å²) in [5.41, 5.74) is 1.34. The molecule has 0 unspecified atom stereocenters. The molecule has 21 heavy (non-hydrogen) atoms. The zero-order valence-corrected chi connectivity index (χ0v) is 12.6. The summed E-state index contributed by atoms with van der Waals surface area (Å²) in [7, 11) is 0. The SMILES string of the molecule is CCN(CC)CCNCc1c(C(=O)O)oc2ccccc12. The summed E-state index contributed by atoms with van der Waals surface area (Å²) in [6.45, 7) is 8.58. The van der Waals surface area contributed by atoms with Crippen LogP contribution in [0.5, 0.6) is 0 Å². The summed E-state index contributed by atoms with van der Waals surface area (Å²) < 4.78 is 5.43. The van der Waals surface area contributed by atoms with Crippen LogP contribution >= 0.6 is 0 Å². The van der Waals surface area contributed by atoms with E-state index in [1.807, 2.05) is 18.2 Å². The Kier molecular flexibility index (Phi) is 5.36. The van der Waals surface area contributed by atoms with Crippen LogP contribution in [0.25, 0.3) is 11.0 Å². The Morgan fingerprint density at radius 3 is 2.67 bits per heavy atom. The molecule has 2 rings (SSSR count). The Labute approximate surface area is 124 Å². The van der Waals surface area contributed by atoms with Gasteiger partial charge in [0.15, 0.2) is 0 Å². The fourth-order valence-corrected chi connectivity index (χ4v) is 2.44. The van der Waals surface area contributed by atoms with Gasteiger partial charge in [-0.25, -0.2) is 4.79 Å². The zero-order valence-electron chi connectivity index (χ0n) is 12.6. The highest BCUT2D eigenvalue weighted by molar-refractivity contribution is 5.95. The number of para-hydroxylation sites is 1. The number of hydrogen-bond acceptors (Lipinski definition) is 4. The van der Waals surface area contributed by atoms with Crippen LogP contribution in [-0.2, 0) is 6.54 Å². The third kappa shape index (κ3) is 3.62. The normalized spacial score (nSPS) is 11.4. The minimum absolute atomic E-state index is 0.0338. The van der Waals surface area contributed by atoms with Gasteiger partial charge in [0.25, 0.3) is 0 Å². The lowest BCUT2D eigenvalue weighted by molar-refractivity contribution is 0.0663. The van der Waals surface area contributed by atoms with Crippen molar-refractivity contribution in [3.05, 3.63) is 35.6 Å². The third-order valence-electron chi connectivity index (χ3n) is 3.69. The van der Waals surface area contributed by atoms with Gasteiger partial charge in [-0.05, 0) is 19.2 Å². The van der Waals surface area contributed by atoms with E-state index in [0.717, 1.165) is 37.1 Å². The second kappa shape index (κ2) is 7.24. The number of hydrogen-bond donors (Lipinski definition) is 2. The van der Waals surface area contributed by atoms with Crippen LogP contribution in [0.1, 0.15) is 30.0 Å². The first kappa shape index (κ1) is 15.5. The number of likely N-dealkylation sites (N-methyl/N-ethyl adjacent to an activating group) is 1. The molecule has 114 valence electrons. The van der Waals surface area contributed by atoms with Crippen LogP contribution in [0, 0.1) is 0 Å². The number of nitrogens with one attached hydrogen (secondary N) is 1. The standard InChI is InChI=1S/C16H22N2O3/c1-3-18(4-2)10-9-17-11-13-12-7-5-6-8-14(12)21-15(13)16(19)20/h5-8,17H,3-4,9-11H2,1-2H3,(H,19,20). The molecule has 0 saturated carbocycles. The lowest BCUT2D eigenvalue weighted by Crippen LogP contribution is -2.31. The van der Waals surface area contributed by atoms with E-state index in [1.54, 1.807) is 6.07 Å². The molecule has 0 atom stereocenters. The second-order valence-electron chi connectivity index (χ2n) is 4.91. The largest absolute Gasteiger partial charge is 0.475 e. The van der Waals surface area contributed by atoms with Crippen molar-refractivity contribution in [2.75, 3.05) is 26.2 Å². The zero-order chi connectivity index (χ0) is 15.2. The van der Waals surface area contributed by atoms with Crippen molar-refractivity contribution in [2.45, 2.75) is 20.4 Å². The van der Waals surface area contributed by atoms with Gasteiger partial charge in [0, 0.05) is 30.6 Å². The van der Waals surface area contributed by atoms with Crippen LogP contribution in [0.3, 0.4) is 0 Å². The van der Waals surface area contributed by atoms with Gasteiger partial charge in [-0.2, -0.15) is 0 Å². The molecule has 2 N–H and O–H groups in total. The van der Waals surface area contributed by atoms with E-state index >= 15 is 0 Å². The molecule has 0 fully saturated rings. The van der Waals surface area contributed by atoms with E-state index < -0.39 is 5.97 Å². The number of carboxylic acid groups (broad SMARTS) is 1. The van der Waals surface area contributed by atoms with Crippen molar-refractivity contribution < 1.29 is 14.3 Å². The minimum atomic E-state index is -1.02. The Balaban J connectivity index is 2.07. The average Bonchev–Trinajstić information content (AvgIpc) is 2.86. The molecule has 2 aromatic rings. The van der Waals surface area contributed by atoms with Crippen molar-refractivity contribution in [1.29, 1.82) is 0 Å². The maximum absolute atomic E-state index is 11.3. The Bertz CT molecular complexity index is 603. The topological polar surface area (TPSA) is 65.7 Å². The molecular weight excluding hydrogens is 268 g/mol. The number of fused-ring (bicyclic) bond motifs is 1. The quantitative estimate of drug-likeness (QED) is 0.731. The summed E-state index contributed by atoms with van der Waals surface area (Å²) in [6.07, 6.45) is 0. The first-order chi connectivity index (χ1) is 10.2. The molecule has 0 aliphatic rings. The number of carboxylic acids is 1. The number of rotatable bonds is 8. The minimum Gasteiger partial charge on any atom is -0.475 e. The number of carbonyl (C=O) groups is 1. The fraction of sp³-hybridized carbons (Fsp3) is 0.438. The molecule has 5 nitrogen and oxygen atoms in total. The van der Waals surface area contributed by atoms with Crippen molar-refractivity contribution in [3.8, 4) is 0 Å². The van der Waals surface area contributed by atoms with E-state index in [4.69, 9.17) is 4.42 Å². The predicted molar refractivity (Wildman–Crippen MR) is 82.7 cm³/mol. The molecule has 1 aromatic carbocycles. The molecule has 1 heterocycles. The molecular formula is C16H22N2O3. The van der Waals surface area contributed by atoms with E-state index in [-0.39, 0.29) is 5.76 Å². The molecule has 0 aliphatic heterocycles. The molecule has 5 heteroatoms. The maximum atomic E-state index is 11.3. The van der Waals surface area contributed by atoms with Crippen molar-refractivity contribution in [1.82, 2.24) is 10.2 Å². The van der Waals surface area contributed by atoms with Gasteiger partial charge in [-0.1, -0.05) is 32.0 Å². The highest BCUT2D eigenvalue weighted by Crippen LogP contribution is 2.25. The van der Waals surface area contributed by atoms with Gasteiger partial charge >= 0.3 is 5.97 Å².